The molecule has 2 heterocycles. The summed E-state index contributed by atoms with van der Waals surface area (Å²) in [6.45, 7) is 6.75. The zero-order valence-electron chi connectivity index (χ0n) is 17.6. The van der Waals surface area contributed by atoms with Crippen LogP contribution in [-0.2, 0) is 11.2 Å². The maximum atomic E-state index is 6.13. The highest BCUT2D eigenvalue weighted by atomic mass is 127. The molecule has 1 aromatic heterocycles. The topological polar surface area (TPSA) is 58.5 Å². The van der Waals surface area contributed by atoms with Crippen LogP contribution in [-0.4, -0.2) is 37.7 Å². The third-order valence-corrected chi connectivity index (χ3v) is 5.43. The third-order valence-electron chi connectivity index (χ3n) is 5.43. The molecule has 6 heteroatoms. The summed E-state index contributed by atoms with van der Waals surface area (Å²) in [5, 5.41) is 6.92. The van der Waals surface area contributed by atoms with Crippen LogP contribution in [0.5, 0.6) is 0 Å². The van der Waals surface area contributed by atoms with Crippen molar-refractivity contribution in [3.63, 3.8) is 0 Å². The first-order chi connectivity index (χ1) is 13.7. The Morgan fingerprint density at radius 1 is 1.17 bits per heavy atom. The van der Waals surface area contributed by atoms with Gasteiger partial charge in [-0.3, -0.25) is 9.98 Å². The van der Waals surface area contributed by atoms with Gasteiger partial charge in [0.2, 0.25) is 0 Å². The number of aryl methyl sites for hydroxylation is 2. The maximum absolute atomic E-state index is 6.13. The molecule has 0 radical (unpaired) electrons. The monoisotopic (exact) mass is 508 g/mol. The minimum absolute atomic E-state index is 0. The molecule has 2 aromatic rings. The second kappa shape index (κ2) is 12.1. The molecule has 0 amide bonds. The van der Waals surface area contributed by atoms with Crippen molar-refractivity contribution in [1.29, 1.82) is 0 Å². The summed E-state index contributed by atoms with van der Waals surface area (Å²) in [5.74, 6) is 1.29. The van der Waals surface area contributed by atoms with Gasteiger partial charge in [0.15, 0.2) is 5.96 Å². The average molecular weight is 508 g/mol. The zero-order valence-corrected chi connectivity index (χ0v) is 20.0. The van der Waals surface area contributed by atoms with Crippen molar-refractivity contribution < 1.29 is 4.74 Å². The predicted octanol–water partition coefficient (Wildman–Crippen LogP) is 4.19. The summed E-state index contributed by atoms with van der Waals surface area (Å²) in [7, 11) is 1.82. The molecular weight excluding hydrogens is 475 g/mol. The molecule has 29 heavy (non-hydrogen) atoms. The number of ether oxygens (including phenoxy) is 1. The largest absolute Gasteiger partial charge is 0.373 e. The molecule has 158 valence electrons. The lowest BCUT2D eigenvalue weighted by atomic mass is 9.89. The van der Waals surface area contributed by atoms with E-state index in [4.69, 9.17) is 4.74 Å². The number of hydrogen-bond donors (Lipinski definition) is 2. The summed E-state index contributed by atoms with van der Waals surface area (Å²) in [6.07, 6.45) is 7.15. The van der Waals surface area contributed by atoms with Crippen molar-refractivity contribution in [3.05, 3.63) is 65.0 Å². The first kappa shape index (κ1) is 23.6. The molecule has 0 bridgehead atoms. The van der Waals surface area contributed by atoms with Gasteiger partial charge in [-0.15, -0.1) is 24.0 Å². The first-order valence-corrected chi connectivity index (χ1v) is 10.2. The van der Waals surface area contributed by atoms with Gasteiger partial charge in [0.25, 0.3) is 0 Å². The Bertz CT molecular complexity index is 779. The fraction of sp³-hybridized carbons (Fsp3) is 0.478. The van der Waals surface area contributed by atoms with Gasteiger partial charge >= 0.3 is 0 Å². The van der Waals surface area contributed by atoms with Crippen molar-refractivity contribution >= 4 is 29.9 Å². The van der Waals surface area contributed by atoms with E-state index in [1.54, 1.807) is 0 Å². The second-order valence-corrected chi connectivity index (χ2v) is 7.54. The van der Waals surface area contributed by atoms with E-state index in [1.165, 1.54) is 28.7 Å². The second-order valence-electron chi connectivity index (χ2n) is 7.54. The maximum Gasteiger partial charge on any atom is 0.190 e. The van der Waals surface area contributed by atoms with Gasteiger partial charge in [-0.2, -0.15) is 0 Å². The fourth-order valence-electron chi connectivity index (χ4n) is 3.72. The Morgan fingerprint density at radius 3 is 2.69 bits per heavy atom. The van der Waals surface area contributed by atoms with E-state index in [-0.39, 0.29) is 30.1 Å². The highest BCUT2D eigenvalue weighted by Gasteiger charge is 2.27. The van der Waals surface area contributed by atoms with E-state index in [9.17, 15) is 0 Å². The van der Waals surface area contributed by atoms with Crippen LogP contribution in [0.2, 0.25) is 0 Å². The number of pyridine rings is 1. The van der Waals surface area contributed by atoms with E-state index in [0.717, 1.165) is 38.5 Å². The number of benzene rings is 1. The molecule has 2 atom stereocenters. The van der Waals surface area contributed by atoms with Crippen LogP contribution in [0.15, 0.2) is 47.7 Å². The van der Waals surface area contributed by atoms with E-state index >= 15 is 0 Å². The van der Waals surface area contributed by atoms with Crippen molar-refractivity contribution in [3.8, 4) is 0 Å². The van der Waals surface area contributed by atoms with Crippen LogP contribution in [0.1, 0.15) is 41.2 Å². The smallest absolute Gasteiger partial charge is 0.190 e. The lowest BCUT2D eigenvalue weighted by Crippen LogP contribution is -2.42. The molecule has 1 fully saturated rings. The number of nitrogens with zero attached hydrogens (tertiary/aromatic N) is 2. The Morgan fingerprint density at radius 2 is 1.97 bits per heavy atom. The number of aliphatic imine (C=N–C) groups is 1. The van der Waals surface area contributed by atoms with Crippen molar-refractivity contribution in [2.24, 2.45) is 10.9 Å². The Balaban J connectivity index is 0.00000300. The normalized spacial score (nSPS) is 19.3. The highest BCUT2D eigenvalue weighted by molar-refractivity contribution is 14.0. The molecule has 3 rings (SSSR count). The summed E-state index contributed by atoms with van der Waals surface area (Å²) in [4.78, 5) is 8.53. The van der Waals surface area contributed by atoms with Gasteiger partial charge in [0.1, 0.15) is 0 Å². The predicted molar refractivity (Wildman–Crippen MR) is 130 cm³/mol. The number of hydrogen-bond acceptors (Lipinski definition) is 3. The van der Waals surface area contributed by atoms with E-state index < -0.39 is 0 Å². The molecule has 2 unspecified atom stereocenters. The minimum atomic E-state index is 0. The fourth-order valence-corrected chi connectivity index (χ4v) is 3.72. The molecule has 0 spiro atoms. The van der Waals surface area contributed by atoms with E-state index in [0.29, 0.717) is 5.92 Å². The molecule has 2 N–H and O–H groups in total. The van der Waals surface area contributed by atoms with Crippen molar-refractivity contribution in [2.45, 2.75) is 39.2 Å². The van der Waals surface area contributed by atoms with Gasteiger partial charge in [0, 0.05) is 45.1 Å². The van der Waals surface area contributed by atoms with Crippen molar-refractivity contribution in [2.75, 3.05) is 26.7 Å². The van der Waals surface area contributed by atoms with Gasteiger partial charge in [0.05, 0.1) is 6.10 Å². The van der Waals surface area contributed by atoms with E-state index in [1.807, 2.05) is 19.4 Å². The molecule has 1 saturated heterocycles. The molecular formula is C23H33IN4O. The van der Waals surface area contributed by atoms with Crippen LogP contribution in [0.4, 0.5) is 0 Å². The molecule has 5 nitrogen and oxygen atoms in total. The summed E-state index contributed by atoms with van der Waals surface area (Å²) >= 11 is 0. The van der Waals surface area contributed by atoms with Crippen molar-refractivity contribution in [1.82, 2.24) is 15.6 Å². The van der Waals surface area contributed by atoms with E-state index in [2.05, 4.69) is 64.8 Å². The number of nitrogens with one attached hydrogen (secondary N) is 2. The molecule has 0 saturated carbocycles. The quantitative estimate of drug-likeness (QED) is 0.349. The average Bonchev–Trinajstić information content (AvgIpc) is 2.73. The summed E-state index contributed by atoms with van der Waals surface area (Å²) in [6, 6.07) is 10.8. The molecule has 1 aliphatic heterocycles. The summed E-state index contributed by atoms with van der Waals surface area (Å²) in [5.41, 5.74) is 5.10. The lowest BCUT2D eigenvalue weighted by molar-refractivity contribution is -0.0265. The van der Waals surface area contributed by atoms with Crippen LogP contribution >= 0.6 is 24.0 Å². The standard InChI is InChI=1S/C23H32N4O.HI/c1-17-6-8-20(9-7-17)22-21(5-4-14-28-22)16-27-23(24-3)26-13-11-19-10-12-25-15-18(19)2;/h6-10,12,15,21-22H,4-5,11,13-14,16H2,1-3H3,(H2,24,26,27);1H. The SMILES string of the molecule is CN=C(NCCc1ccncc1C)NCC1CCCOC1c1ccc(C)cc1.I. The zero-order chi connectivity index (χ0) is 19.8. The molecule has 1 aromatic carbocycles. The van der Waals surface area contributed by atoms with Crippen LogP contribution in [0.25, 0.3) is 0 Å². The van der Waals surface area contributed by atoms with Crippen LogP contribution in [0.3, 0.4) is 0 Å². The number of guanidine groups is 1. The van der Waals surface area contributed by atoms with Gasteiger partial charge in [-0.05, 0) is 55.9 Å². The molecule has 0 aliphatic carbocycles. The Hall–Kier alpha value is -1.67. The summed E-state index contributed by atoms with van der Waals surface area (Å²) < 4.78 is 6.13. The first-order valence-electron chi connectivity index (χ1n) is 10.2. The number of aromatic nitrogens is 1. The van der Waals surface area contributed by atoms with Gasteiger partial charge < -0.3 is 15.4 Å². The van der Waals surface area contributed by atoms with Gasteiger partial charge in [-0.25, -0.2) is 0 Å². The number of rotatable bonds is 6. The van der Waals surface area contributed by atoms with Crippen LogP contribution in [0, 0.1) is 19.8 Å². The Kier molecular flexibility index (Phi) is 9.87. The minimum Gasteiger partial charge on any atom is -0.373 e. The molecule has 1 aliphatic rings. The Labute approximate surface area is 191 Å². The van der Waals surface area contributed by atoms with Gasteiger partial charge in [-0.1, -0.05) is 29.8 Å². The highest BCUT2D eigenvalue weighted by Crippen LogP contribution is 2.33. The van der Waals surface area contributed by atoms with Crippen LogP contribution < -0.4 is 10.6 Å². The lowest BCUT2D eigenvalue weighted by Gasteiger charge is -2.32. The third kappa shape index (κ3) is 6.96. The number of halogens is 1.